The standard InChI is InChI=1S/C17H26N2O2.ClH/c1-4-21-17(20)19-12-6-8-15-13-14(9-10-16(15)19)7-5-11-18(2)3;/h9-10,13H,4-8,11-12H2,1-3H3;1H. The molecule has 1 aliphatic rings. The van der Waals surface area contributed by atoms with Crippen LogP contribution in [0.2, 0.25) is 0 Å². The first-order chi connectivity index (χ1) is 10.1. The predicted molar refractivity (Wildman–Crippen MR) is 93.3 cm³/mol. The van der Waals surface area contributed by atoms with Crippen LogP contribution in [0, 0.1) is 0 Å². The van der Waals surface area contributed by atoms with Crippen LogP contribution in [0.1, 0.15) is 30.9 Å². The Balaban J connectivity index is 0.00000242. The fraction of sp³-hybridized carbons (Fsp3) is 0.588. The summed E-state index contributed by atoms with van der Waals surface area (Å²) >= 11 is 0. The topological polar surface area (TPSA) is 32.8 Å². The van der Waals surface area contributed by atoms with Crippen LogP contribution in [0.15, 0.2) is 18.2 Å². The Hall–Kier alpha value is -1.26. The molecule has 0 bridgehead atoms. The highest BCUT2D eigenvalue weighted by Crippen LogP contribution is 2.29. The Morgan fingerprint density at radius 2 is 2.14 bits per heavy atom. The van der Waals surface area contributed by atoms with Crippen LogP contribution in [-0.4, -0.2) is 44.8 Å². The summed E-state index contributed by atoms with van der Waals surface area (Å²) in [5.41, 5.74) is 3.66. The minimum atomic E-state index is -0.223. The SMILES string of the molecule is CCOC(=O)N1CCCc2cc(CCCN(C)C)ccc21.Cl. The maximum atomic E-state index is 12.0. The molecule has 0 N–H and O–H groups in total. The number of carbonyl (C=O) groups is 1. The van der Waals surface area contributed by atoms with E-state index in [1.165, 1.54) is 11.1 Å². The molecule has 0 aromatic heterocycles. The van der Waals surface area contributed by atoms with Crippen molar-refractivity contribution in [3.05, 3.63) is 29.3 Å². The molecule has 0 atom stereocenters. The number of anilines is 1. The molecule has 0 saturated heterocycles. The molecule has 2 rings (SSSR count). The van der Waals surface area contributed by atoms with Crippen molar-refractivity contribution in [2.24, 2.45) is 0 Å². The average Bonchev–Trinajstić information content (AvgIpc) is 2.46. The number of aryl methyl sites for hydroxylation is 2. The maximum absolute atomic E-state index is 12.0. The molecule has 1 heterocycles. The first-order valence-corrected chi connectivity index (χ1v) is 7.82. The summed E-state index contributed by atoms with van der Waals surface area (Å²) in [6.07, 6.45) is 4.08. The number of halogens is 1. The lowest BCUT2D eigenvalue weighted by Crippen LogP contribution is -2.36. The Labute approximate surface area is 139 Å². The third-order valence-electron chi connectivity index (χ3n) is 3.82. The highest BCUT2D eigenvalue weighted by atomic mass is 35.5. The first-order valence-electron chi connectivity index (χ1n) is 7.82. The summed E-state index contributed by atoms with van der Waals surface area (Å²) in [5.74, 6) is 0. The lowest BCUT2D eigenvalue weighted by molar-refractivity contribution is 0.159. The summed E-state index contributed by atoms with van der Waals surface area (Å²) in [6, 6.07) is 6.48. The Morgan fingerprint density at radius 1 is 1.36 bits per heavy atom. The molecular weight excluding hydrogens is 300 g/mol. The van der Waals surface area contributed by atoms with Gasteiger partial charge < -0.3 is 9.64 Å². The van der Waals surface area contributed by atoms with Crippen molar-refractivity contribution in [2.75, 3.05) is 38.7 Å². The van der Waals surface area contributed by atoms with Gasteiger partial charge in [-0.1, -0.05) is 12.1 Å². The van der Waals surface area contributed by atoms with Gasteiger partial charge >= 0.3 is 6.09 Å². The summed E-state index contributed by atoms with van der Waals surface area (Å²) < 4.78 is 5.14. The fourth-order valence-corrected chi connectivity index (χ4v) is 2.80. The third kappa shape index (κ3) is 4.89. The second kappa shape index (κ2) is 9.01. The van der Waals surface area contributed by atoms with Crippen LogP contribution >= 0.6 is 12.4 Å². The molecule has 1 aromatic carbocycles. The zero-order chi connectivity index (χ0) is 15.2. The van der Waals surface area contributed by atoms with Gasteiger partial charge in [0.2, 0.25) is 0 Å². The van der Waals surface area contributed by atoms with Gasteiger partial charge in [-0.15, -0.1) is 12.4 Å². The fourth-order valence-electron chi connectivity index (χ4n) is 2.80. The van der Waals surface area contributed by atoms with Gasteiger partial charge in [0.15, 0.2) is 0 Å². The number of nitrogens with zero attached hydrogens (tertiary/aromatic N) is 2. The third-order valence-corrected chi connectivity index (χ3v) is 3.82. The van der Waals surface area contributed by atoms with E-state index in [2.05, 4.69) is 37.2 Å². The number of hydrogen-bond donors (Lipinski definition) is 0. The molecule has 0 spiro atoms. The van der Waals surface area contributed by atoms with E-state index in [-0.39, 0.29) is 18.5 Å². The largest absolute Gasteiger partial charge is 0.449 e. The highest BCUT2D eigenvalue weighted by molar-refractivity contribution is 5.89. The molecule has 4 nitrogen and oxygen atoms in total. The number of fused-ring (bicyclic) bond motifs is 1. The van der Waals surface area contributed by atoms with E-state index in [0.29, 0.717) is 6.61 Å². The molecule has 1 aliphatic heterocycles. The first kappa shape index (κ1) is 18.8. The zero-order valence-corrected chi connectivity index (χ0v) is 14.6. The van der Waals surface area contributed by atoms with Crippen LogP contribution < -0.4 is 4.90 Å². The maximum Gasteiger partial charge on any atom is 0.414 e. The van der Waals surface area contributed by atoms with Gasteiger partial charge in [0.25, 0.3) is 0 Å². The van der Waals surface area contributed by atoms with E-state index in [1.54, 1.807) is 4.90 Å². The Bertz CT molecular complexity index is 492. The van der Waals surface area contributed by atoms with Crippen molar-refractivity contribution in [3.63, 3.8) is 0 Å². The summed E-state index contributed by atoms with van der Waals surface area (Å²) in [5, 5.41) is 0. The van der Waals surface area contributed by atoms with Gasteiger partial charge in [0.1, 0.15) is 0 Å². The van der Waals surface area contributed by atoms with Gasteiger partial charge in [-0.3, -0.25) is 4.90 Å². The number of hydrogen-bond acceptors (Lipinski definition) is 3. The second-order valence-electron chi connectivity index (χ2n) is 5.82. The van der Waals surface area contributed by atoms with E-state index in [4.69, 9.17) is 4.74 Å². The van der Waals surface area contributed by atoms with Crippen molar-refractivity contribution < 1.29 is 9.53 Å². The number of carbonyl (C=O) groups excluding carboxylic acids is 1. The van der Waals surface area contributed by atoms with Crippen LogP contribution in [0.25, 0.3) is 0 Å². The average molecular weight is 327 g/mol. The summed E-state index contributed by atoms with van der Waals surface area (Å²) in [6.45, 7) is 4.13. The molecule has 1 amide bonds. The van der Waals surface area contributed by atoms with Crippen molar-refractivity contribution in [3.8, 4) is 0 Å². The van der Waals surface area contributed by atoms with E-state index >= 15 is 0 Å². The molecule has 5 heteroatoms. The molecule has 0 aliphatic carbocycles. The monoisotopic (exact) mass is 326 g/mol. The van der Waals surface area contributed by atoms with E-state index in [1.807, 2.05) is 6.92 Å². The minimum Gasteiger partial charge on any atom is -0.449 e. The van der Waals surface area contributed by atoms with Gasteiger partial charge in [-0.05, 0) is 70.4 Å². The van der Waals surface area contributed by atoms with Crippen molar-refractivity contribution >= 4 is 24.2 Å². The van der Waals surface area contributed by atoms with Crippen LogP contribution in [0.3, 0.4) is 0 Å². The van der Waals surface area contributed by atoms with E-state index in [9.17, 15) is 4.79 Å². The van der Waals surface area contributed by atoms with Gasteiger partial charge in [-0.25, -0.2) is 4.79 Å². The van der Waals surface area contributed by atoms with Crippen LogP contribution in [0.5, 0.6) is 0 Å². The highest BCUT2D eigenvalue weighted by Gasteiger charge is 2.23. The normalized spacial score (nSPS) is 13.5. The van der Waals surface area contributed by atoms with Gasteiger partial charge in [-0.2, -0.15) is 0 Å². The number of amides is 1. The molecule has 0 radical (unpaired) electrons. The Morgan fingerprint density at radius 3 is 2.82 bits per heavy atom. The number of ether oxygens (including phenoxy) is 1. The van der Waals surface area contributed by atoms with Crippen molar-refractivity contribution in [1.82, 2.24) is 4.90 Å². The minimum absolute atomic E-state index is 0. The van der Waals surface area contributed by atoms with Crippen molar-refractivity contribution in [2.45, 2.75) is 32.6 Å². The number of rotatable bonds is 5. The molecule has 0 saturated carbocycles. The van der Waals surface area contributed by atoms with Crippen LogP contribution in [0.4, 0.5) is 10.5 Å². The molecule has 124 valence electrons. The summed E-state index contributed by atoms with van der Waals surface area (Å²) in [4.78, 5) is 16.0. The smallest absolute Gasteiger partial charge is 0.414 e. The second-order valence-corrected chi connectivity index (χ2v) is 5.82. The summed E-state index contributed by atoms with van der Waals surface area (Å²) in [7, 11) is 4.20. The molecule has 0 fully saturated rings. The van der Waals surface area contributed by atoms with Gasteiger partial charge in [0.05, 0.1) is 12.3 Å². The molecular formula is C17H27ClN2O2. The number of benzene rings is 1. The molecule has 0 unspecified atom stereocenters. The lowest BCUT2D eigenvalue weighted by atomic mass is 9.98. The lowest BCUT2D eigenvalue weighted by Gasteiger charge is -2.29. The van der Waals surface area contributed by atoms with E-state index < -0.39 is 0 Å². The quantitative estimate of drug-likeness (QED) is 0.830. The van der Waals surface area contributed by atoms with Gasteiger partial charge in [0, 0.05) is 6.54 Å². The molecule has 1 aromatic rings. The van der Waals surface area contributed by atoms with Crippen molar-refractivity contribution in [1.29, 1.82) is 0 Å². The Kier molecular flexibility index (Phi) is 7.69. The van der Waals surface area contributed by atoms with Crippen LogP contribution in [-0.2, 0) is 17.6 Å². The predicted octanol–water partition coefficient (Wildman–Crippen LogP) is 3.51. The zero-order valence-electron chi connectivity index (χ0n) is 13.8. The molecule has 22 heavy (non-hydrogen) atoms. The van der Waals surface area contributed by atoms with E-state index in [0.717, 1.165) is 44.5 Å².